The van der Waals surface area contributed by atoms with Gasteiger partial charge in [0.15, 0.2) is 5.82 Å². The molecule has 3 amide bonds. The number of benzene rings is 2. The first kappa shape index (κ1) is 26.2. The van der Waals surface area contributed by atoms with E-state index in [-0.39, 0.29) is 23.9 Å². The van der Waals surface area contributed by atoms with Crippen LogP contribution in [0.4, 0.5) is 35.2 Å². The van der Waals surface area contributed by atoms with Crippen LogP contribution in [0.1, 0.15) is 43.2 Å². The highest BCUT2D eigenvalue weighted by molar-refractivity contribution is 6.04. The quantitative estimate of drug-likeness (QED) is 0.426. The van der Waals surface area contributed by atoms with Crippen molar-refractivity contribution in [1.29, 1.82) is 0 Å². The fraction of sp³-hybridized carbons (Fsp3) is 0.367. The summed E-state index contributed by atoms with van der Waals surface area (Å²) in [5.74, 6) is 0.809. The van der Waals surface area contributed by atoms with Crippen molar-refractivity contribution in [2.75, 3.05) is 41.3 Å². The highest BCUT2D eigenvalue weighted by Gasteiger charge is 2.40. The van der Waals surface area contributed by atoms with E-state index in [9.17, 15) is 22.8 Å². The fourth-order valence-corrected chi connectivity index (χ4v) is 6.02. The van der Waals surface area contributed by atoms with Crippen LogP contribution in [0.3, 0.4) is 0 Å². The molecular formula is C30H30F3N5O2. The largest absolute Gasteiger partial charge is 0.416 e. The van der Waals surface area contributed by atoms with Gasteiger partial charge in [0, 0.05) is 49.8 Å². The summed E-state index contributed by atoms with van der Waals surface area (Å²) in [5.41, 5.74) is 2.48. The lowest BCUT2D eigenvalue weighted by atomic mass is 9.98. The summed E-state index contributed by atoms with van der Waals surface area (Å²) in [4.78, 5) is 36.3. The predicted molar refractivity (Wildman–Crippen MR) is 147 cm³/mol. The van der Waals surface area contributed by atoms with E-state index in [0.29, 0.717) is 42.3 Å². The van der Waals surface area contributed by atoms with Gasteiger partial charge in [0.25, 0.3) is 0 Å². The SMILES string of the molecule is CCC(=O)N1CCC(c2cccc(NC(=O)N3c4nc(-c5cccc(C(F)(F)F)c5)ccc4N4CC[C@H]3C4)c2)C1. The molecule has 0 saturated carbocycles. The number of hydrogen-bond donors (Lipinski definition) is 1. The minimum atomic E-state index is -4.46. The first-order chi connectivity index (χ1) is 19.2. The summed E-state index contributed by atoms with van der Waals surface area (Å²) < 4.78 is 40.0. The second kappa shape index (κ2) is 10.1. The molecule has 3 aliphatic heterocycles. The van der Waals surface area contributed by atoms with Gasteiger partial charge in [-0.05, 0) is 54.8 Å². The highest BCUT2D eigenvalue weighted by atomic mass is 19.4. The molecule has 40 heavy (non-hydrogen) atoms. The number of carbonyl (C=O) groups excluding carboxylic acids is 2. The van der Waals surface area contributed by atoms with Gasteiger partial charge in [-0.1, -0.05) is 31.2 Å². The molecule has 1 unspecified atom stereocenters. The molecule has 2 aromatic carbocycles. The number of pyridine rings is 1. The second-order valence-electron chi connectivity index (χ2n) is 10.6. The van der Waals surface area contributed by atoms with E-state index in [2.05, 4.69) is 10.2 Å². The smallest absolute Gasteiger partial charge is 0.366 e. The Morgan fingerprint density at radius 1 is 1.00 bits per heavy atom. The normalized spacial score (nSPS) is 20.1. The molecule has 0 radical (unpaired) electrons. The number of halogens is 3. The third kappa shape index (κ3) is 4.87. The minimum Gasteiger partial charge on any atom is -0.366 e. The topological polar surface area (TPSA) is 68.8 Å². The molecule has 1 aromatic heterocycles. The van der Waals surface area contributed by atoms with Gasteiger partial charge in [-0.3, -0.25) is 9.69 Å². The minimum absolute atomic E-state index is 0.0941. The number of aromatic nitrogens is 1. The number of rotatable bonds is 4. The van der Waals surface area contributed by atoms with E-state index in [1.54, 1.807) is 17.0 Å². The van der Waals surface area contributed by atoms with E-state index in [0.717, 1.165) is 49.3 Å². The standard InChI is InChI=1S/C30H30F3N5O2/c1-2-27(39)37-13-11-21(17-37)19-5-4-8-23(16-19)34-29(40)38-24-12-14-36(18-24)26-10-9-25(35-28(26)38)20-6-3-7-22(15-20)30(31,32)33/h3-10,15-16,21,24H,2,11-14,17-18H2,1H3,(H,34,40)/t21?,24-/m0/s1. The Morgan fingerprint density at radius 2 is 1.82 bits per heavy atom. The first-order valence-electron chi connectivity index (χ1n) is 13.6. The van der Waals surface area contributed by atoms with E-state index in [4.69, 9.17) is 4.98 Å². The summed E-state index contributed by atoms with van der Waals surface area (Å²) in [5, 5.41) is 3.03. The van der Waals surface area contributed by atoms with Gasteiger partial charge in [-0.25, -0.2) is 9.78 Å². The molecule has 1 N–H and O–H groups in total. The number of nitrogens with one attached hydrogen (secondary N) is 1. The van der Waals surface area contributed by atoms with E-state index >= 15 is 0 Å². The molecule has 2 saturated heterocycles. The van der Waals surface area contributed by atoms with Crippen LogP contribution in [-0.4, -0.2) is 54.0 Å². The molecule has 3 aliphatic rings. The zero-order valence-corrected chi connectivity index (χ0v) is 22.1. The Kier molecular flexibility index (Phi) is 6.64. The maximum Gasteiger partial charge on any atom is 0.416 e. The summed E-state index contributed by atoms with van der Waals surface area (Å²) in [6.07, 6.45) is -2.32. The van der Waals surface area contributed by atoms with Crippen LogP contribution in [0.2, 0.25) is 0 Å². The molecule has 0 aliphatic carbocycles. The number of carbonyl (C=O) groups is 2. The molecule has 2 bridgehead atoms. The highest BCUT2D eigenvalue weighted by Crippen LogP contribution is 2.41. The third-order valence-corrected chi connectivity index (χ3v) is 8.11. The maximum atomic E-state index is 13.7. The molecule has 2 fully saturated rings. The maximum absolute atomic E-state index is 13.7. The number of nitrogens with zero attached hydrogens (tertiary/aromatic N) is 4. The van der Waals surface area contributed by atoms with Crippen molar-refractivity contribution in [2.45, 2.75) is 44.3 Å². The Balaban J connectivity index is 1.26. The Labute approximate surface area is 230 Å². The molecule has 7 nitrogen and oxygen atoms in total. The number of fused-ring (bicyclic) bond motifs is 4. The molecule has 3 aromatic rings. The van der Waals surface area contributed by atoms with Crippen molar-refractivity contribution in [2.24, 2.45) is 0 Å². The molecule has 2 atom stereocenters. The van der Waals surface area contributed by atoms with E-state index in [1.807, 2.05) is 42.2 Å². The molecule has 0 spiro atoms. The molecule has 10 heteroatoms. The Bertz CT molecular complexity index is 1460. The van der Waals surface area contributed by atoms with Crippen molar-refractivity contribution in [1.82, 2.24) is 9.88 Å². The Morgan fingerprint density at radius 3 is 2.62 bits per heavy atom. The zero-order chi connectivity index (χ0) is 28.0. The van der Waals surface area contributed by atoms with Crippen molar-refractivity contribution in [3.63, 3.8) is 0 Å². The zero-order valence-electron chi connectivity index (χ0n) is 22.1. The van der Waals surface area contributed by atoms with Gasteiger partial charge in [-0.15, -0.1) is 0 Å². The van der Waals surface area contributed by atoms with Crippen molar-refractivity contribution in [3.8, 4) is 11.3 Å². The third-order valence-electron chi connectivity index (χ3n) is 8.11. The lowest BCUT2D eigenvalue weighted by Crippen LogP contribution is -2.48. The van der Waals surface area contributed by atoms with Crippen molar-refractivity contribution >= 4 is 29.1 Å². The summed E-state index contributed by atoms with van der Waals surface area (Å²) in [6, 6.07) is 15.9. The van der Waals surface area contributed by atoms with Crippen LogP contribution in [0.25, 0.3) is 11.3 Å². The lowest BCUT2D eigenvalue weighted by molar-refractivity contribution is -0.137. The first-order valence-corrected chi connectivity index (χ1v) is 13.6. The van der Waals surface area contributed by atoms with E-state index in [1.165, 1.54) is 6.07 Å². The number of hydrogen-bond acceptors (Lipinski definition) is 4. The predicted octanol–water partition coefficient (Wildman–Crippen LogP) is 6.12. The van der Waals surface area contributed by atoms with Crippen LogP contribution < -0.4 is 15.1 Å². The molecule has 6 rings (SSSR count). The van der Waals surface area contributed by atoms with Crippen molar-refractivity contribution in [3.05, 3.63) is 71.8 Å². The van der Waals surface area contributed by atoms with E-state index < -0.39 is 11.7 Å². The fourth-order valence-electron chi connectivity index (χ4n) is 6.02. The number of anilines is 3. The van der Waals surface area contributed by atoms with Gasteiger partial charge >= 0.3 is 12.2 Å². The monoisotopic (exact) mass is 549 g/mol. The van der Waals surface area contributed by atoms with Crippen LogP contribution in [0.5, 0.6) is 0 Å². The van der Waals surface area contributed by atoms with Gasteiger partial charge in [-0.2, -0.15) is 13.2 Å². The van der Waals surface area contributed by atoms with Crippen molar-refractivity contribution < 1.29 is 22.8 Å². The van der Waals surface area contributed by atoms with Crippen LogP contribution in [0, 0.1) is 0 Å². The molecule has 4 heterocycles. The van der Waals surface area contributed by atoms with Crippen LogP contribution >= 0.6 is 0 Å². The summed E-state index contributed by atoms with van der Waals surface area (Å²) in [6.45, 7) is 4.72. The number of urea groups is 1. The second-order valence-corrected chi connectivity index (χ2v) is 10.6. The van der Waals surface area contributed by atoms with Gasteiger partial charge < -0.3 is 15.1 Å². The van der Waals surface area contributed by atoms with Gasteiger partial charge in [0.1, 0.15) is 0 Å². The summed E-state index contributed by atoms with van der Waals surface area (Å²) >= 11 is 0. The van der Waals surface area contributed by atoms with Gasteiger partial charge in [0.05, 0.1) is 23.0 Å². The number of amides is 3. The number of likely N-dealkylation sites (tertiary alicyclic amines) is 1. The van der Waals surface area contributed by atoms with Gasteiger partial charge in [0.2, 0.25) is 5.91 Å². The average molecular weight is 550 g/mol. The molecular weight excluding hydrogens is 519 g/mol. The lowest BCUT2D eigenvalue weighted by Gasteiger charge is -2.36. The average Bonchev–Trinajstić information content (AvgIpc) is 3.61. The Hall–Kier alpha value is -4.08. The summed E-state index contributed by atoms with van der Waals surface area (Å²) in [7, 11) is 0. The van der Waals surface area contributed by atoms with Crippen LogP contribution in [0.15, 0.2) is 60.7 Å². The number of alkyl halides is 3. The molecule has 208 valence electrons. The van der Waals surface area contributed by atoms with Crippen LogP contribution in [-0.2, 0) is 11.0 Å².